The number of nitrogens with two attached hydrogens (primary N) is 1. The molecule has 0 saturated carbocycles. The van der Waals surface area contributed by atoms with E-state index in [0.717, 1.165) is 44.9 Å². The summed E-state index contributed by atoms with van der Waals surface area (Å²) in [6, 6.07) is -0.775. The van der Waals surface area contributed by atoms with E-state index in [-0.39, 0.29) is 25.7 Å². The summed E-state index contributed by atoms with van der Waals surface area (Å²) >= 11 is 0. The van der Waals surface area contributed by atoms with Crippen molar-refractivity contribution < 1.29 is 28.4 Å². The van der Waals surface area contributed by atoms with Gasteiger partial charge in [0, 0.05) is 13.0 Å². The fourth-order valence-electron chi connectivity index (χ4n) is 6.99. The molecule has 0 aromatic rings. The zero-order valence-electron chi connectivity index (χ0n) is 36.2. The molecule has 0 saturated heterocycles. The van der Waals surface area contributed by atoms with Gasteiger partial charge < -0.3 is 21.1 Å². The lowest BCUT2D eigenvalue weighted by atomic mass is 10.0. The molecule has 0 aromatic carbocycles. The van der Waals surface area contributed by atoms with Crippen molar-refractivity contribution >= 4 is 13.7 Å². The van der Waals surface area contributed by atoms with Crippen molar-refractivity contribution in [1.82, 2.24) is 5.32 Å². The highest BCUT2D eigenvalue weighted by Gasteiger charge is 2.27. The molecule has 0 aromatic heterocycles. The number of aliphatic hydroxyl groups is 1. The van der Waals surface area contributed by atoms with Gasteiger partial charge in [-0.25, -0.2) is 4.57 Å². The number of phosphoric ester groups is 1. The fraction of sp³-hybridized carbons (Fsp3) is 0.891. The minimum Gasteiger partial charge on any atom is -0.391 e. The van der Waals surface area contributed by atoms with Gasteiger partial charge in [-0.2, -0.15) is 0 Å². The van der Waals surface area contributed by atoms with Crippen LogP contribution in [0.25, 0.3) is 0 Å². The summed E-state index contributed by atoms with van der Waals surface area (Å²) in [4.78, 5) is 22.8. The predicted octanol–water partition coefficient (Wildman–Crippen LogP) is 13.3. The van der Waals surface area contributed by atoms with Crippen LogP contribution in [-0.2, 0) is 18.4 Å². The number of nitrogens with one attached hydrogen (secondary N) is 1. The van der Waals surface area contributed by atoms with E-state index in [1.54, 1.807) is 0 Å². The number of carbonyl (C=O) groups excluding carboxylic acids is 1. The smallest absolute Gasteiger partial charge is 0.391 e. The van der Waals surface area contributed by atoms with Crippen LogP contribution in [0.1, 0.15) is 232 Å². The second-order valence-corrected chi connectivity index (χ2v) is 17.4. The first-order valence-electron chi connectivity index (χ1n) is 23.5. The van der Waals surface area contributed by atoms with Crippen molar-refractivity contribution in [2.45, 2.75) is 244 Å². The van der Waals surface area contributed by atoms with Crippen LogP contribution < -0.4 is 11.1 Å². The number of allylic oxidation sites excluding steroid dienone is 4. The first-order chi connectivity index (χ1) is 26.9. The molecule has 3 unspecified atom stereocenters. The van der Waals surface area contributed by atoms with Gasteiger partial charge in [-0.05, 0) is 44.9 Å². The monoisotopic (exact) mass is 799 g/mol. The zero-order chi connectivity index (χ0) is 40.3. The zero-order valence-corrected chi connectivity index (χ0v) is 37.1. The molecule has 0 heterocycles. The molecule has 0 aliphatic heterocycles. The summed E-state index contributed by atoms with van der Waals surface area (Å²) in [5.41, 5.74) is 5.39. The largest absolute Gasteiger partial charge is 0.472 e. The Labute approximate surface area is 340 Å². The van der Waals surface area contributed by atoms with Crippen molar-refractivity contribution in [3.63, 3.8) is 0 Å². The number of amides is 1. The molecule has 3 atom stereocenters. The molecule has 55 heavy (non-hydrogen) atoms. The van der Waals surface area contributed by atoms with E-state index >= 15 is 0 Å². The number of hydrogen-bond donors (Lipinski definition) is 4. The van der Waals surface area contributed by atoms with E-state index in [2.05, 4.69) is 43.5 Å². The maximum absolute atomic E-state index is 12.8. The molecule has 0 fully saturated rings. The first-order valence-corrected chi connectivity index (χ1v) is 24.9. The molecule has 0 radical (unpaired) electrons. The molecule has 9 heteroatoms. The van der Waals surface area contributed by atoms with Crippen LogP contribution in [0.15, 0.2) is 24.3 Å². The summed E-state index contributed by atoms with van der Waals surface area (Å²) in [7, 11) is -4.32. The van der Waals surface area contributed by atoms with Gasteiger partial charge in [0.25, 0.3) is 0 Å². The van der Waals surface area contributed by atoms with E-state index in [1.807, 2.05) is 0 Å². The summed E-state index contributed by atoms with van der Waals surface area (Å²) in [5, 5.41) is 13.8. The lowest BCUT2D eigenvalue weighted by Gasteiger charge is -2.25. The van der Waals surface area contributed by atoms with Crippen molar-refractivity contribution in [1.29, 1.82) is 0 Å². The number of hydrogen-bond acceptors (Lipinski definition) is 6. The standard InChI is InChI=1S/C46H91N2O6P/c1-3-5-7-9-11-13-15-17-19-20-21-22-23-24-26-28-30-32-34-36-38-40-46(50)48-44(43-54-55(51,52)53-42-41-47)45(49)39-37-35-33-31-29-27-25-18-16-14-12-10-8-6-4-2/h15,17,20-21,44-45,49H,3-14,16,18-19,22-43,47H2,1-2H3,(H,48,50)(H,51,52)/b17-15-,21-20-. The number of phosphoric acid groups is 1. The van der Waals surface area contributed by atoms with Crippen LogP contribution in [0.4, 0.5) is 0 Å². The molecular weight excluding hydrogens is 707 g/mol. The summed E-state index contributed by atoms with van der Waals surface area (Å²) in [5.74, 6) is -0.164. The van der Waals surface area contributed by atoms with Gasteiger partial charge in [0.05, 0.1) is 25.4 Å². The van der Waals surface area contributed by atoms with E-state index in [0.29, 0.717) is 12.8 Å². The Kier molecular flexibility index (Phi) is 41.8. The molecule has 5 N–H and O–H groups in total. The number of unbranched alkanes of at least 4 members (excludes halogenated alkanes) is 28. The first kappa shape index (κ1) is 54.0. The average Bonchev–Trinajstić information content (AvgIpc) is 3.17. The minimum absolute atomic E-state index is 0.0888. The maximum Gasteiger partial charge on any atom is 0.472 e. The molecule has 0 bridgehead atoms. The average molecular weight is 799 g/mol. The highest BCUT2D eigenvalue weighted by Crippen LogP contribution is 2.43. The van der Waals surface area contributed by atoms with Gasteiger partial charge in [0.1, 0.15) is 0 Å². The predicted molar refractivity (Wildman–Crippen MR) is 235 cm³/mol. The van der Waals surface area contributed by atoms with Crippen LogP contribution in [0.2, 0.25) is 0 Å². The van der Waals surface area contributed by atoms with Crippen molar-refractivity contribution in [2.75, 3.05) is 19.8 Å². The van der Waals surface area contributed by atoms with E-state index < -0.39 is 20.0 Å². The minimum atomic E-state index is -4.32. The van der Waals surface area contributed by atoms with Gasteiger partial charge in [-0.1, -0.05) is 205 Å². The van der Waals surface area contributed by atoms with Crippen molar-refractivity contribution in [3.8, 4) is 0 Å². The molecular formula is C46H91N2O6P. The molecule has 1 amide bonds. The number of rotatable bonds is 44. The Morgan fingerprint density at radius 3 is 1.44 bits per heavy atom. The van der Waals surface area contributed by atoms with Gasteiger partial charge in [-0.3, -0.25) is 13.8 Å². The lowest BCUT2D eigenvalue weighted by molar-refractivity contribution is -0.123. The Morgan fingerprint density at radius 1 is 0.600 bits per heavy atom. The van der Waals surface area contributed by atoms with Gasteiger partial charge in [0.15, 0.2) is 0 Å². The summed E-state index contributed by atoms with van der Waals surface area (Å²) in [6.45, 7) is 4.21. The molecule has 0 aliphatic rings. The van der Waals surface area contributed by atoms with Crippen LogP contribution in [0.5, 0.6) is 0 Å². The Balaban J connectivity index is 4.09. The molecule has 0 spiro atoms. The van der Waals surface area contributed by atoms with E-state index in [1.165, 1.54) is 161 Å². The third-order valence-corrected chi connectivity index (χ3v) is 11.5. The normalized spacial score (nSPS) is 14.2. The van der Waals surface area contributed by atoms with E-state index in [9.17, 15) is 19.4 Å². The number of carbonyl (C=O) groups is 1. The van der Waals surface area contributed by atoms with E-state index in [4.69, 9.17) is 14.8 Å². The molecule has 8 nitrogen and oxygen atoms in total. The van der Waals surface area contributed by atoms with Crippen LogP contribution in [-0.4, -0.2) is 47.8 Å². The topological polar surface area (TPSA) is 131 Å². The Morgan fingerprint density at radius 2 is 1.00 bits per heavy atom. The van der Waals surface area contributed by atoms with Gasteiger partial charge in [-0.15, -0.1) is 0 Å². The van der Waals surface area contributed by atoms with Gasteiger partial charge in [0.2, 0.25) is 5.91 Å². The molecule has 0 rings (SSSR count). The highest BCUT2D eigenvalue weighted by atomic mass is 31.2. The summed E-state index contributed by atoms with van der Waals surface area (Å²) < 4.78 is 22.2. The third kappa shape index (κ3) is 41.0. The van der Waals surface area contributed by atoms with Gasteiger partial charge >= 0.3 is 7.82 Å². The lowest BCUT2D eigenvalue weighted by Crippen LogP contribution is -2.46. The van der Waals surface area contributed by atoms with Crippen LogP contribution >= 0.6 is 7.82 Å². The Bertz CT molecular complexity index is 917. The Hall–Kier alpha value is -1.02. The third-order valence-electron chi connectivity index (χ3n) is 10.6. The second-order valence-electron chi connectivity index (χ2n) is 16.0. The molecule has 0 aliphatic carbocycles. The number of aliphatic hydroxyl groups excluding tert-OH is 1. The second kappa shape index (κ2) is 42.6. The van der Waals surface area contributed by atoms with Crippen molar-refractivity contribution in [2.24, 2.45) is 5.73 Å². The van der Waals surface area contributed by atoms with Crippen LogP contribution in [0, 0.1) is 0 Å². The highest BCUT2D eigenvalue weighted by molar-refractivity contribution is 7.47. The summed E-state index contributed by atoms with van der Waals surface area (Å²) in [6.07, 6.45) is 49.0. The quantitative estimate of drug-likeness (QED) is 0.0274. The van der Waals surface area contributed by atoms with Crippen LogP contribution in [0.3, 0.4) is 0 Å². The fourth-order valence-corrected chi connectivity index (χ4v) is 7.75. The maximum atomic E-state index is 12.8. The molecule has 326 valence electrons. The SMILES string of the molecule is CCCCCCC/C=C\C/C=C\CCCCCCCCCCCC(=O)NC(COP(=O)(O)OCCN)C(O)CCCCCCCCCCCCCCCCC. The van der Waals surface area contributed by atoms with Crippen molar-refractivity contribution in [3.05, 3.63) is 24.3 Å².